The van der Waals surface area contributed by atoms with E-state index in [0.717, 1.165) is 27.5 Å². The van der Waals surface area contributed by atoms with E-state index >= 15 is 0 Å². The van der Waals surface area contributed by atoms with E-state index in [1.54, 1.807) is 12.1 Å². The molecule has 4 rings (SSSR count). The van der Waals surface area contributed by atoms with E-state index in [0.29, 0.717) is 5.71 Å². The summed E-state index contributed by atoms with van der Waals surface area (Å²) < 4.78 is 30.7. The normalized spacial score (nSPS) is 16.7. The molecular weight excluding hydrogens is 285 g/mol. The fourth-order valence-corrected chi connectivity index (χ4v) is 3.31. The second kappa shape index (κ2) is 4.98. The molecule has 0 amide bonds. The zero-order valence-corrected chi connectivity index (χ0v) is 13.4. The van der Waals surface area contributed by atoms with Crippen LogP contribution >= 0.6 is 0 Å². The maximum Gasteiger partial charge on any atom is 0.402 e. The van der Waals surface area contributed by atoms with E-state index in [1.807, 2.05) is 32.3 Å². The van der Waals surface area contributed by atoms with Crippen LogP contribution in [0, 0.1) is 6.85 Å². The molecule has 4 nitrogen and oxygen atoms in total. The lowest BCUT2D eigenvalue weighted by molar-refractivity contribution is -0.658. The summed E-state index contributed by atoms with van der Waals surface area (Å²) in [5.41, 5.74) is 2.13. The molecule has 0 spiro atoms. The fourth-order valence-electron chi connectivity index (χ4n) is 3.31. The summed E-state index contributed by atoms with van der Waals surface area (Å²) in [6.07, 6.45) is 2.01. The molecule has 0 fully saturated rings. The third kappa shape index (κ3) is 2.07. The van der Waals surface area contributed by atoms with Gasteiger partial charge in [0.1, 0.15) is 5.70 Å². The largest absolute Gasteiger partial charge is 0.434 e. The summed E-state index contributed by atoms with van der Waals surface area (Å²) >= 11 is 0. The molecule has 4 heterocycles. The molecule has 0 atom stereocenters. The summed E-state index contributed by atoms with van der Waals surface area (Å²) in [5, 5.41) is 1.82. The quantitative estimate of drug-likeness (QED) is 0.505. The van der Waals surface area contributed by atoms with Crippen molar-refractivity contribution in [1.29, 1.82) is 0 Å². The lowest BCUT2D eigenvalue weighted by Gasteiger charge is -2.22. The Morgan fingerprint density at radius 1 is 1.30 bits per heavy atom. The van der Waals surface area contributed by atoms with Crippen molar-refractivity contribution in [3.8, 4) is 0 Å². The minimum atomic E-state index is -2.25. The number of hydrogen-bond donors (Lipinski definition) is 0. The van der Waals surface area contributed by atoms with Gasteiger partial charge in [0.15, 0.2) is 5.42 Å². The maximum absolute atomic E-state index is 7.56. The Morgan fingerprint density at radius 2 is 2.17 bits per heavy atom. The van der Waals surface area contributed by atoms with Gasteiger partial charge in [-0.15, -0.1) is 0 Å². The van der Waals surface area contributed by atoms with Crippen molar-refractivity contribution < 1.29 is 13.1 Å². The zero-order chi connectivity index (χ0) is 18.6. The first-order valence-electron chi connectivity index (χ1n) is 9.14. The molecule has 0 bridgehead atoms. The average Bonchev–Trinajstić information content (AvgIpc) is 2.94. The van der Waals surface area contributed by atoms with Crippen molar-refractivity contribution in [3.63, 3.8) is 0 Å². The molecule has 3 aromatic heterocycles. The van der Waals surface area contributed by atoms with Gasteiger partial charge in [0, 0.05) is 26.5 Å². The molecule has 0 unspecified atom stereocenters. The Labute approximate surface area is 139 Å². The van der Waals surface area contributed by atoms with E-state index in [2.05, 4.69) is 33.2 Å². The molecule has 0 saturated carbocycles. The lowest BCUT2D eigenvalue weighted by Crippen LogP contribution is -2.49. The van der Waals surface area contributed by atoms with Gasteiger partial charge in [-0.25, -0.2) is 9.55 Å². The summed E-state index contributed by atoms with van der Waals surface area (Å²) in [6.45, 7) is 2.02. The molecule has 5 heteroatoms. The second-order valence-corrected chi connectivity index (χ2v) is 5.93. The van der Waals surface area contributed by atoms with Gasteiger partial charge in [-0.2, -0.15) is 0 Å². The third-order valence-corrected chi connectivity index (χ3v) is 4.37. The van der Waals surface area contributed by atoms with Crippen LogP contribution in [0.5, 0.6) is 0 Å². The summed E-state index contributed by atoms with van der Waals surface area (Å²) in [5.74, 6) is 3.19. The van der Waals surface area contributed by atoms with E-state index in [9.17, 15) is 0 Å². The van der Waals surface area contributed by atoms with E-state index in [4.69, 9.17) is 8.53 Å². The molecule has 0 aromatic carbocycles. The highest BCUT2D eigenvalue weighted by Gasteiger charge is 2.33. The topological polar surface area (TPSA) is 33.2 Å². The van der Waals surface area contributed by atoms with Crippen LogP contribution < -0.4 is 20.0 Å². The number of aromatic nitrogens is 2. The first-order valence-corrected chi connectivity index (χ1v) is 7.64. The minimum Gasteiger partial charge on any atom is -0.434 e. The Hall–Kier alpha value is -2.56. The smallest absolute Gasteiger partial charge is 0.402 e. The highest BCUT2D eigenvalue weighted by atomic mass is 16.3. The molecule has 0 N–H and O–H groups in total. The second-order valence-electron chi connectivity index (χ2n) is 5.93. The Morgan fingerprint density at radius 3 is 2.96 bits per heavy atom. The van der Waals surface area contributed by atoms with Gasteiger partial charge in [0.25, 0.3) is 5.82 Å². The van der Waals surface area contributed by atoms with Crippen LogP contribution in [0.15, 0.2) is 40.9 Å². The number of hydrogen-bond acceptors (Lipinski definition) is 3. The van der Waals surface area contributed by atoms with Crippen molar-refractivity contribution >= 4 is 35.4 Å². The van der Waals surface area contributed by atoms with Gasteiger partial charge in [-0.05, 0) is 38.8 Å². The van der Waals surface area contributed by atoms with Crippen LogP contribution in [0.25, 0.3) is 22.8 Å². The third-order valence-electron chi connectivity index (χ3n) is 4.37. The summed E-state index contributed by atoms with van der Waals surface area (Å²) in [6, 6.07) is 9.41. The van der Waals surface area contributed by atoms with Crippen LogP contribution in [-0.4, -0.2) is 11.8 Å². The number of aryl methyl sites for hydroxylation is 2. The number of anilines is 1. The van der Waals surface area contributed by atoms with Gasteiger partial charge < -0.3 is 4.42 Å². The van der Waals surface area contributed by atoms with Crippen molar-refractivity contribution in [3.05, 3.63) is 52.9 Å². The number of furan rings is 1. The predicted octanol–water partition coefficient (Wildman–Crippen LogP) is 1.55. The molecule has 3 aromatic rings. The molecule has 0 aliphatic carbocycles. The van der Waals surface area contributed by atoms with Gasteiger partial charge in [0.2, 0.25) is 5.71 Å². The van der Waals surface area contributed by atoms with Crippen molar-refractivity contribution in [2.24, 2.45) is 7.05 Å². The molecule has 0 radical (unpaired) electrons. The zero-order valence-electron chi connectivity index (χ0n) is 16.4. The van der Waals surface area contributed by atoms with Crippen molar-refractivity contribution in [1.82, 2.24) is 4.98 Å². The molecule has 0 saturated heterocycles. The number of nitrogens with zero attached hydrogens (tertiary/aromatic N) is 3. The highest BCUT2D eigenvalue weighted by molar-refractivity contribution is 6.77. The monoisotopic (exact) mass is 307 g/mol. The SMILES string of the molecule is [2H]C([2H])([2H])c1ccc2c3c(oc2n1)=C(C)N(c1cccc[n+]1C)B(C)C=3. The molecule has 1 aliphatic heterocycles. The van der Waals surface area contributed by atoms with Crippen molar-refractivity contribution in [2.75, 3.05) is 4.81 Å². The van der Waals surface area contributed by atoms with E-state index in [-0.39, 0.29) is 12.5 Å². The maximum atomic E-state index is 7.56. The lowest BCUT2D eigenvalue weighted by atomic mass is 9.61. The fraction of sp³-hybridized carbons (Fsp3) is 0.222. The number of pyridine rings is 2. The predicted molar refractivity (Wildman–Crippen MR) is 93.3 cm³/mol. The standard InChI is InChI=1S/C18H19BN3O/c1-12-8-9-14-15-11-19(3)22(16-7-5-6-10-21(16)4)13(2)17(15)23-18(14)20-12/h5-11H,1-4H3/q+1/i1D3. The Balaban J connectivity index is 1.98. The summed E-state index contributed by atoms with van der Waals surface area (Å²) in [4.78, 5) is 6.44. The highest BCUT2D eigenvalue weighted by Crippen LogP contribution is 2.20. The number of rotatable bonds is 1. The van der Waals surface area contributed by atoms with Crippen molar-refractivity contribution in [2.45, 2.75) is 20.6 Å². The Bertz CT molecular complexity index is 1140. The van der Waals surface area contributed by atoms with Crippen LogP contribution in [0.1, 0.15) is 16.7 Å². The van der Waals surface area contributed by atoms with E-state index < -0.39 is 6.85 Å². The van der Waals surface area contributed by atoms with Gasteiger partial charge in [-0.1, -0.05) is 12.0 Å². The van der Waals surface area contributed by atoms with Crippen LogP contribution in [0.4, 0.5) is 5.82 Å². The first kappa shape index (κ1) is 11.1. The first-order chi connectivity index (χ1) is 12.3. The molecule has 114 valence electrons. The van der Waals surface area contributed by atoms with Crippen LogP contribution in [-0.2, 0) is 7.05 Å². The van der Waals surface area contributed by atoms with Gasteiger partial charge in [0.05, 0.1) is 13.2 Å². The molecular formula is C18H19BN3O+. The summed E-state index contributed by atoms with van der Waals surface area (Å²) in [7, 11) is 2.01. The Kier molecular flexibility index (Phi) is 2.39. The average molecular weight is 307 g/mol. The number of fused-ring (bicyclic) bond motifs is 3. The molecule has 23 heavy (non-hydrogen) atoms. The van der Waals surface area contributed by atoms with E-state index in [1.165, 1.54) is 0 Å². The van der Waals surface area contributed by atoms with Gasteiger partial charge >= 0.3 is 6.85 Å². The van der Waals surface area contributed by atoms with Crippen LogP contribution in [0.3, 0.4) is 0 Å². The van der Waals surface area contributed by atoms with Gasteiger partial charge in [-0.3, -0.25) is 4.81 Å². The minimum absolute atomic E-state index is 0.0492. The van der Waals surface area contributed by atoms with Crippen LogP contribution in [0.2, 0.25) is 6.82 Å². The molecule has 1 aliphatic rings.